The molecule has 2 aliphatic carbocycles. The minimum Gasteiger partial charge on any atom is -0.323 e. The highest BCUT2D eigenvalue weighted by atomic mass is 79.9. The monoisotopic (exact) mass is 363 g/mol. The van der Waals surface area contributed by atoms with E-state index in [-0.39, 0.29) is 11.9 Å². The number of aromatic nitrogens is 1. The standard InChI is InChI=1S/C16H18BrN3O2/c1-9-12(17)7-18-8-13(9)20-14(21)16(19-15(20)22)5-11(6-16)10-3-2-4-10/h7-8,10-11H,2-6H2,1H3,(H,19,22). The van der Waals surface area contributed by atoms with Crippen molar-refractivity contribution in [1.29, 1.82) is 0 Å². The zero-order valence-electron chi connectivity index (χ0n) is 12.4. The van der Waals surface area contributed by atoms with Crippen LogP contribution in [0.25, 0.3) is 0 Å². The van der Waals surface area contributed by atoms with Gasteiger partial charge in [-0.15, -0.1) is 0 Å². The number of amides is 3. The molecule has 1 saturated heterocycles. The Kier molecular flexibility index (Phi) is 3.08. The molecule has 0 aromatic carbocycles. The quantitative estimate of drug-likeness (QED) is 0.820. The van der Waals surface area contributed by atoms with Gasteiger partial charge in [0, 0.05) is 10.7 Å². The van der Waals surface area contributed by atoms with Gasteiger partial charge in [-0.3, -0.25) is 9.78 Å². The van der Waals surface area contributed by atoms with E-state index in [0.717, 1.165) is 28.8 Å². The zero-order chi connectivity index (χ0) is 15.5. The Balaban J connectivity index is 1.59. The molecule has 116 valence electrons. The maximum Gasteiger partial charge on any atom is 0.329 e. The number of rotatable bonds is 2. The third kappa shape index (κ3) is 1.86. The van der Waals surface area contributed by atoms with Crippen LogP contribution in [0.15, 0.2) is 16.9 Å². The summed E-state index contributed by atoms with van der Waals surface area (Å²) in [6.45, 7) is 1.88. The zero-order valence-corrected chi connectivity index (χ0v) is 14.0. The fourth-order valence-electron chi connectivity index (χ4n) is 3.91. The van der Waals surface area contributed by atoms with E-state index in [1.54, 1.807) is 12.4 Å². The molecule has 0 atom stereocenters. The Morgan fingerprint density at radius 1 is 1.27 bits per heavy atom. The molecule has 3 amide bonds. The van der Waals surface area contributed by atoms with Crippen LogP contribution < -0.4 is 10.2 Å². The van der Waals surface area contributed by atoms with Gasteiger partial charge in [-0.2, -0.15) is 0 Å². The van der Waals surface area contributed by atoms with Crippen LogP contribution in [0.1, 0.15) is 37.7 Å². The first-order valence-electron chi connectivity index (χ1n) is 7.79. The molecule has 0 bridgehead atoms. The molecule has 5 nitrogen and oxygen atoms in total. The normalized spacial score (nSPS) is 31.2. The number of nitrogens with one attached hydrogen (secondary N) is 1. The number of nitrogens with zero attached hydrogens (tertiary/aromatic N) is 2. The first kappa shape index (κ1) is 14.2. The van der Waals surface area contributed by atoms with Crippen LogP contribution >= 0.6 is 15.9 Å². The molecule has 1 aromatic rings. The maximum atomic E-state index is 12.9. The molecule has 0 radical (unpaired) electrons. The highest BCUT2D eigenvalue weighted by Gasteiger charge is 2.60. The molecule has 1 N–H and O–H groups in total. The van der Waals surface area contributed by atoms with E-state index in [2.05, 4.69) is 26.2 Å². The fraction of sp³-hybridized carbons (Fsp3) is 0.562. The molecule has 2 heterocycles. The summed E-state index contributed by atoms with van der Waals surface area (Å²) in [4.78, 5) is 30.6. The minimum absolute atomic E-state index is 0.115. The van der Waals surface area contributed by atoms with E-state index >= 15 is 0 Å². The summed E-state index contributed by atoms with van der Waals surface area (Å²) in [5.74, 6) is 1.24. The van der Waals surface area contributed by atoms with Crippen LogP contribution in [0.5, 0.6) is 0 Å². The molecule has 22 heavy (non-hydrogen) atoms. The first-order valence-corrected chi connectivity index (χ1v) is 8.58. The predicted molar refractivity (Wildman–Crippen MR) is 85.5 cm³/mol. The molecule has 3 aliphatic rings. The van der Waals surface area contributed by atoms with E-state index in [1.165, 1.54) is 24.2 Å². The summed E-state index contributed by atoms with van der Waals surface area (Å²) in [6.07, 6.45) is 8.70. The molecule has 1 aliphatic heterocycles. The van der Waals surface area contributed by atoms with Crippen molar-refractivity contribution in [3.05, 3.63) is 22.4 Å². The number of imide groups is 1. The Bertz CT molecular complexity index is 665. The Morgan fingerprint density at radius 3 is 2.64 bits per heavy atom. The molecule has 2 saturated carbocycles. The summed E-state index contributed by atoms with van der Waals surface area (Å²) in [5.41, 5.74) is 0.762. The summed E-state index contributed by atoms with van der Waals surface area (Å²) in [6, 6.07) is -0.319. The van der Waals surface area contributed by atoms with E-state index in [0.29, 0.717) is 11.6 Å². The number of anilines is 1. The molecule has 4 rings (SSSR count). The summed E-state index contributed by atoms with van der Waals surface area (Å²) < 4.78 is 0.799. The molecule has 3 fully saturated rings. The predicted octanol–water partition coefficient (Wildman–Crippen LogP) is 3.16. The van der Waals surface area contributed by atoms with Crippen LogP contribution in [-0.2, 0) is 4.79 Å². The summed E-state index contributed by atoms with van der Waals surface area (Å²) in [7, 11) is 0. The lowest BCUT2D eigenvalue weighted by atomic mass is 9.58. The molecule has 1 aromatic heterocycles. The van der Waals surface area contributed by atoms with Gasteiger partial charge in [0.1, 0.15) is 5.54 Å². The first-order chi connectivity index (χ1) is 10.5. The van der Waals surface area contributed by atoms with Crippen LogP contribution in [0.3, 0.4) is 0 Å². The van der Waals surface area contributed by atoms with Crippen molar-refractivity contribution in [2.75, 3.05) is 4.90 Å². The lowest BCUT2D eigenvalue weighted by molar-refractivity contribution is -0.128. The van der Waals surface area contributed by atoms with E-state index in [1.807, 2.05) is 6.92 Å². The number of hydrogen-bond acceptors (Lipinski definition) is 3. The number of pyridine rings is 1. The van der Waals surface area contributed by atoms with Crippen LogP contribution in [0.4, 0.5) is 10.5 Å². The number of carbonyl (C=O) groups is 2. The van der Waals surface area contributed by atoms with E-state index in [4.69, 9.17) is 0 Å². The summed E-state index contributed by atoms with van der Waals surface area (Å²) >= 11 is 3.41. The lowest BCUT2D eigenvalue weighted by Crippen LogP contribution is -2.59. The van der Waals surface area contributed by atoms with Crippen LogP contribution in [-0.4, -0.2) is 22.5 Å². The van der Waals surface area contributed by atoms with Crippen molar-refractivity contribution in [1.82, 2.24) is 10.3 Å². The van der Waals surface area contributed by atoms with Gasteiger partial charge in [0.15, 0.2) is 0 Å². The van der Waals surface area contributed by atoms with Gasteiger partial charge >= 0.3 is 6.03 Å². The van der Waals surface area contributed by atoms with Crippen molar-refractivity contribution >= 4 is 33.6 Å². The topological polar surface area (TPSA) is 62.3 Å². The van der Waals surface area contributed by atoms with Gasteiger partial charge in [0.25, 0.3) is 5.91 Å². The Labute approximate surface area is 137 Å². The average Bonchev–Trinajstić information content (AvgIpc) is 2.63. The number of halogens is 1. The molecular formula is C16H18BrN3O2. The molecule has 6 heteroatoms. The third-order valence-corrected chi connectivity index (χ3v) is 6.37. The van der Waals surface area contributed by atoms with Gasteiger partial charge in [-0.1, -0.05) is 19.3 Å². The maximum absolute atomic E-state index is 12.9. The Morgan fingerprint density at radius 2 is 2.00 bits per heavy atom. The molecular weight excluding hydrogens is 346 g/mol. The SMILES string of the molecule is Cc1c(Br)cncc1N1C(=O)NC2(CC(C3CCC3)C2)C1=O. The van der Waals surface area contributed by atoms with Crippen molar-refractivity contribution in [3.8, 4) is 0 Å². The third-order valence-electron chi connectivity index (χ3n) is 5.57. The minimum atomic E-state index is -0.661. The summed E-state index contributed by atoms with van der Waals surface area (Å²) in [5, 5.41) is 2.94. The number of hydrogen-bond donors (Lipinski definition) is 1. The highest BCUT2D eigenvalue weighted by molar-refractivity contribution is 9.10. The van der Waals surface area contributed by atoms with Crippen molar-refractivity contribution in [3.63, 3.8) is 0 Å². The van der Waals surface area contributed by atoms with Gasteiger partial charge in [-0.25, -0.2) is 9.69 Å². The highest BCUT2D eigenvalue weighted by Crippen LogP contribution is 2.51. The van der Waals surface area contributed by atoms with E-state index in [9.17, 15) is 9.59 Å². The fourth-order valence-corrected chi connectivity index (χ4v) is 4.23. The second kappa shape index (κ2) is 4.78. The molecule has 1 spiro atoms. The molecule has 0 unspecified atom stereocenters. The van der Waals surface area contributed by atoms with Crippen LogP contribution in [0.2, 0.25) is 0 Å². The van der Waals surface area contributed by atoms with Gasteiger partial charge < -0.3 is 5.32 Å². The number of urea groups is 1. The largest absolute Gasteiger partial charge is 0.329 e. The van der Waals surface area contributed by atoms with Crippen molar-refractivity contribution < 1.29 is 9.59 Å². The van der Waals surface area contributed by atoms with Gasteiger partial charge in [0.2, 0.25) is 0 Å². The second-order valence-electron chi connectivity index (χ2n) is 6.78. The smallest absolute Gasteiger partial charge is 0.323 e. The van der Waals surface area contributed by atoms with Crippen molar-refractivity contribution in [2.45, 2.75) is 44.6 Å². The van der Waals surface area contributed by atoms with Crippen molar-refractivity contribution in [2.24, 2.45) is 11.8 Å². The lowest BCUT2D eigenvalue weighted by Gasteiger charge is -2.49. The van der Waals surface area contributed by atoms with Gasteiger partial charge in [0.05, 0.1) is 11.9 Å². The Hall–Kier alpha value is -1.43. The second-order valence-corrected chi connectivity index (χ2v) is 7.63. The van der Waals surface area contributed by atoms with E-state index < -0.39 is 5.54 Å². The number of carbonyl (C=O) groups excluding carboxylic acids is 2. The van der Waals surface area contributed by atoms with Gasteiger partial charge in [-0.05, 0) is 53.1 Å². The van der Waals surface area contributed by atoms with Crippen LogP contribution in [0, 0.1) is 18.8 Å². The average molecular weight is 364 g/mol.